The summed E-state index contributed by atoms with van der Waals surface area (Å²) in [6.45, 7) is 7.24. The number of carbonyl (C=O) groups excluding carboxylic acids is 2. The Morgan fingerprint density at radius 3 is 2.50 bits per heavy atom. The third-order valence-electron chi connectivity index (χ3n) is 11.0. The van der Waals surface area contributed by atoms with Crippen LogP contribution >= 0.6 is 0 Å². The molecule has 4 rings (SSSR count). The molecule has 34 heavy (non-hydrogen) atoms. The van der Waals surface area contributed by atoms with Crippen LogP contribution in [0.15, 0.2) is 5.11 Å². The second-order valence-corrected chi connectivity index (χ2v) is 12.3. The normalized spacial score (nSPS) is 41.8. The summed E-state index contributed by atoms with van der Waals surface area (Å²) >= 11 is 0. The van der Waals surface area contributed by atoms with Crippen molar-refractivity contribution in [2.45, 2.75) is 97.5 Å². The van der Waals surface area contributed by atoms with Crippen LogP contribution in [0.3, 0.4) is 0 Å². The van der Waals surface area contributed by atoms with Crippen molar-refractivity contribution >= 4 is 11.9 Å². The number of hydrogen-bond acceptors (Lipinski definition) is 5. The van der Waals surface area contributed by atoms with E-state index >= 15 is 0 Å². The molecule has 0 heterocycles. The molecule has 0 bridgehead atoms. The first-order chi connectivity index (χ1) is 16.2. The Labute approximate surface area is 204 Å². The SMILES string of the molecule is COC(=O)CC[C@@H](C)[C@H]1CC[C@H]2[C@@H]3CC[C@@H]4C[C@H](OC(=O)CN=[N+]=[N-])CC[C@]4(C)[C@H]3CC[C@]12C. The first-order valence-electron chi connectivity index (χ1n) is 13.5. The van der Waals surface area contributed by atoms with Crippen LogP contribution in [-0.4, -0.2) is 31.7 Å². The van der Waals surface area contributed by atoms with Crippen molar-refractivity contribution in [3.8, 4) is 0 Å². The lowest BCUT2D eigenvalue weighted by Gasteiger charge is -2.61. The average molecular weight is 474 g/mol. The molecule has 7 nitrogen and oxygen atoms in total. The molecular formula is C27H43N3O4. The fourth-order valence-electron chi connectivity index (χ4n) is 9.26. The summed E-state index contributed by atoms with van der Waals surface area (Å²) in [6.07, 6.45) is 12.2. The van der Waals surface area contributed by atoms with Crippen LogP contribution in [0.4, 0.5) is 0 Å². The Balaban J connectivity index is 1.40. The Hall–Kier alpha value is -1.75. The van der Waals surface area contributed by atoms with E-state index in [1.165, 1.54) is 45.6 Å². The average Bonchev–Trinajstić information content (AvgIpc) is 3.18. The lowest BCUT2D eigenvalue weighted by atomic mass is 9.44. The number of esters is 2. The van der Waals surface area contributed by atoms with E-state index in [0.717, 1.165) is 43.4 Å². The van der Waals surface area contributed by atoms with E-state index in [1.54, 1.807) is 0 Å². The summed E-state index contributed by atoms with van der Waals surface area (Å²) in [5, 5.41) is 3.35. The fraction of sp³-hybridized carbons (Fsp3) is 0.926. The summed E-state index contributed by atoms with van der Waals surface area (Å²) in [4.78, 5) is 26.3. The Bertz CT molecular complexity index is 827. The quantitative estimate of drug-likeness (QED) is 0.183. The fourth-order valence-corrected chi connectivity index (χ4v) is 9.26. The van der Waals surface area contributed by atoms with Gasteiger partial charge in [-0.3, -0.25) is 9.59 Å². The molecule has 0 N–H and O–H groups in total. The molecule has 0 aromatic heterocycles. The zero-order valence-electron chi connectivity index (χ0n) is 21.5. The maximum absolute atomic E-state index is 12.0. The highest BCUT2D eigenvalue weighted by molar-refractivity contribution is 5.72. The molecule has 0 aromatic rings. The second-order valence-electron chi connectivity index (χ2n) is 12.3. The van der Waals surface area contributed by atoms with Gasteiger partial charge < -0.3 is 9.47 Å². The van der Waals surface area contributed by atoms with E-state index in [0.29, 0.717) is 35.0 Å². The summed E-state index contributed by atoms with van der Waals surface area (Å²) in [6, 6.07) is 0. The second kappa shape index (κ2) is 10.1. The zero-order valence-corrected chi connectivity index (χ0v) is 21.5. The topological polar surface area (TPSA) is 101 Å². The van der Waals surface area contributed by atoms with E-state index in [1.807, 2.05) is 0 Å². The largest absolute Gasteiger partial charge is 0.469 e. The lowest BCUT2D eigenvalue weighted by Crippen LogP contribution is -2.54. The van der Waals surface area contributed by atoms with Crippen LogP contribution in [-0.2, 0) is 19.1 Å². The van der Waals surface area contributed by atoms with E-state index in [4.69, 9.17) is 15.0 Å². The van der Waals surface area contributed by atoms with E-state index in [9.17, 15) is 9.59 Å². The molecule has 4 fully saturated rings. The van der Waals surface area contributed by atoms with Crippen LogP contribution in [0.25, 0.3) is 10.4 Å². The standard InChI is InChI=1S/C27H43N3O4/c1-17(5-10-24(31)33-4)21-8-9-22-20-7-6-18-15-19(34-25(32)16-29-30-28)11-13-26(18,2)23(20)12-14-27(21,22)3/h17-23H,5-16H2,1-4H3/t17-,18-,19-,20+,21-,22+,23+,26+,27-/m1/s1. The highest BCUT2D eigenvalue weighted by Gasteiger charge is 2.60. The van der Waals surface area contributed by atoms with Gasteiger partial charge in [0.15, 0.2) is 0 Å². The van der Waals surface area contributed by atoms with Gasteiger partial charge in [-0.2, -0.15) is 0 Å². The summed E-state index contributed by atoms with van der Waals surface area (Å²) in [5.74, 6) is 3.78. The van der Waals surface area contributed by atoms with Crippen molar-refractivity contribution < 1.29 is 19.1 Å². The predicted molar refractivity (Wildman–Crippen MR) is 130 cm³/mol. The number of rotatable bonds is 7. The minimum Gasteiger partial charge on any atom is -0.469 e. The number of hydrogen-bond donors (Lipinski definition) is 0. The van der Waals surface area contributed by atoms with Gasteiger partial charge in [0.1, 0.15) is 12.6 Å². The molecule has 0 aliphatic heterocycles. The van der Waals surface area contributed by atoms with Crippen LogP contribution in [0, 0.1) is 46.3 Å². The Kier molecular flexibility index (Phi) is 7.52. The molecule has 0 unspecified atom stereocenters. The first kappa shape index (κ1) is 25.3. The Morgan fingerprint density at radius 2 is 1.76 bits per heavy atom. The van der Waals surface area contributed by atoms with Gasteiger partial charge in [0.2, 0.25) is 0 Å². The predicted octanol–water partition coefficient (Wildman–Crippen LogP) is 6.46. The molecule has 7 heteroatoms. The van der Waals surface area contributed by atoms with E-state index < -0.39 is 5.97 Å². The van der Waals surface area contributed by atoms with Crippen LogP contribution in [0.5, 0.6) is 0 Å². The molecule has 0 radical (unpaired) electrons. The Morgan fingerprint density at radius 1 is 1.03 bits per heavy atom. The number of fused-ring (bicyclic) bond motifs is 5. The van der Waals surface area contributed by atoms with E-state index in [-0.39, 0.29) is 18.6 Å². The van der Waals surface area contributed by atoms with Gasteiger partial charge in [-0.25, -0.2) is 0 Å². The minimum absolute atomic E-state index is 0.0311. The highest BCUT2D eigenvalue weighted by atomic mass is 16.5. The van der Waals surface area contributed by atoms with Crippen molar-refractivity contribution in [3.05, 3.63) is 10.4 Å². The number of nitrogens with zero attached hydrogens (tertiary/aromatic N) is 3. The van der Waals surface area contributed by atoms with Gasteiger partial charge in [0, 0.05) is 11.3 Å². The van der Waals surface area contributed by atoms with Crippen LogP contribution < -0.4 is 0 Å². The highest BCUT2D eigenvalue weighted by Crippen LogP contribution is 2.68. The first-order valence-corrected chi connectivity index (χ1v) is 13.5. The molecule has 4 saturated carbocycles. The van der Waals surface area contributed by atoms with Crippen molar-refractivity contribution in [2.75, 3.05) is 13.7 Å². The molecule has 4 aliphatic rings. The van der Waals surface area contributed by atoms with E-state index in [2.05, 4.69) is 30.8 Å². The van der Waals surface area contributed by atoms with Gasteiger partial charge >= 0.3 is 11.9 Å². The molecular weight excluding hydrogens is 430 g/mol. The minimum atomic E-state index is -0.396. The zero-order chi connectivity index (χ0) is 24.5. The maximum atomic E-state index is 12.0. The maximum Gasteiger partial charge on any atom is 0.311 e. The van der Waals surface area contributed by atoms with Crippen molar-refractivity contribution in [2.24, 2.45) is 51.5 Å². The number of methoxy groups -OCH3 is 1. The van der Waals surface area contributed by atoms with Crippen molar-refractivity contribution in [1.82, 2.24) is 0 Å². The molecule has 190 valence electrons. The van der Waals surface area contributed by atoms with Crippen LogP contribution in [0.1, 0.15) is 91.4 Å². The number of carbonyl (C=O) groups is 2. The third kappa shape index (κ3) is 4.57. The number of ether oxygens (including phenoxy) is 2. The number of azide groups is 1. The molecule has 0 aromatic carbocycles. The summed E-state index contributed by atoms with van der Waals surface area (Å²) in [5.41, 5.74) is 9.18. The molecule has 4 aliphatic carbocycles. The summed E-state index contributed by atoms with van der Waals surface area (Å²) in [7, 11) is 1.49. The van der Waals surface area contributed by atoms with Gasteiger partial charge in [-0.15, -0.1) is 0 Å². The molecule has 9 atom stereocenters. The van der Waals surface area contributed by atoms with Gasteiger partial charge in [0.05, 0.1) is 7.11 Å². The summed E-state index contributed by atoms with van der Waals surface area (Å²) < 4.78 is 10.5. The lowest BCUT2D eigenvalue weighted by molar-refractivity contribution is -0.161. The van der Waals surface area contributed by atoms with Gasteiger partial charge in [-0.05, 0) is 116 Å². The monoisotopic (exact) mass is 473 g/mol. The molecule has 0 saturated heterocycles. The molecule has 0 amide bonds. The van der Waals surface area contributed by atoms with Crippen molar-refractivity contribution in [3.63, 3.8) is 0 Å². The van der Waals surface area contributed by atoms with Gasteiger partial charge in [-0.1, -0.05) is 25.9 Å². The van der Waals surface area contributed by atoms with Crippen molar-refractivity contribution in [1.29, 1.82) is 0 Å². The van der Waals surface area contributed by atoms with Crippen LogP contribution in [0.2, 0.25) is 0 Å². The third-order valence-corrected chi connectivity index (χ3v) is 11.0. The molecule has 0 spiro atoms. The smallest absolute Gasteiger partial charge is 0.311 e. The van der Waals surface area contributed by atoms with Gasteiger partial charge in [0.25, 0.3) is 0 Å².